The van der Waals surface area contributed by atoms with Crippen molar-refractivity contribution >= 4 is 38.4 Å². The first-order chi connectivity index (χ1) is 11.7. The molecular weight excluding hydrogens is 390 g/mol. The van der Waals surface area contributed by atoms with E-state index in [1.165, 1.54) is 7.11 Å². The second kappa shape index (κ2) is 8.07. The van der Waals surface area contributed by atoms with Crippen LogP contribution in [0.2, 0.25) is 0 Å². The van der Waals surface area contributed by atoms with E-state index in [-0.39, 0.29) is 11.9 Å². The number of thiazole rings is 1. The third kappa shape index (κ3) is 4.33. The van der Waals surface area contributed by atoms with Crippen LogP contribution in [0, 0.1) is 11.8 Å². The van der Waals surface area contributed by atoms with Gasteiger partial charge in [0.15, 0.2) is 5.13 Å². The molecule has 7 heteroatoms. The van der Waals surface area contributed by atoms with Crippen molar-refractivity contribution in [2.75, 3.05) is 19.0 Å². The van der Waals surface area contributed by atoms with Gasteiger partial charge in [-0.1, -0.05) is 17.4 Å². The smallest absolute Gasteiger partial charge is 0.308 e. The number of rotatable bonds is 5. The molecule has 0 spiro atoms. The van der Waals surface area contributed by atoms with Crippen molar-refractivity contribution in [2.24, 2.45) is 11.8 Å². The first kappa shape index (κ1) is 17.4. The predicted molar refractivity (Wildman–Crippen MR) is 99.0 cm³/mol. The van der Waals surface area contributed by atoms with Gasteiger partial charge < -0.3 is 10.1 Å². The summed E-state index contributed by atoms with van der Waals surface area (Å²) in [6.45, 7) is 0.896. The highest BCUT2D eigenvalue weighted by molar-refractivity contribution is 9.10. The third-order valence-electron chi connectivity index (χ3n) is 4.40. The van der Waals surface area contributed by atoms with E-state index in [1.807, 2.05) is 24.4 Å². The van der Waals surface area contributed by atoms with E-state index in [9.17, 15) is 4.79 Å². The van der Waals surface area contributed by atoms with Crippen LogP contribution < -0.4 is 5.32 Å². The Hall–Kier alpha value is -1.47. The molecule has 0 atom stereocenters. The first-order valence-corrected chi connectivity index (χ1v) is 9.67. The lowest BCUT2D eigenvalue weighted by atomic mass is 9.82. The average Bonchev–Trinajstić information content (AvgIpc) is 3.09. The van der Waals surface area contributed by atoms with E-state index in [1.54, 1.807) is 11.3 Å². The molecule has 1 aliphatic rings. The van der Waals surface area contributed by atoms with Crippen LogP contribution in [0.4, 0.5) is 5.13 Å². The number of hydrogen-bond donors (Lipinski definition) is 1. The van der Waals surface area contributed by atoms with Gasteiger partial charge in [-0.3, -0.25) is 4.79 Å². The van der Waals surface area contributed by atoms with Gasteiger partial charge in [0.1, 0.15) is 4.60 Å². The molecule has 1 saturated carbocycles. The number of halogens is 1. The Morgan fingerprint density at radius 1 is 1.38 bits per heavy atom. The van der Waals surface area contributed by atoms with Gasteiger partial charge in [0.05, 0.1) is 23.6 Å². The van der Waals surface area contributed by atoms with Gasteiger partial charge in [0.25, 0.3) is 0 Å². The summed E-state index contributed by atoms with van der Waals surface area (Å²) in [5.74, 6) is 0.607. The van der Waals surface area contributed by atoms with Crippen LogP contribution in [0.15, 0.2) is 29.0 Å². The number of pyridine rings is 1. The van der Waals surface area contributed by atoms with Crippen molar-refractivity contribution in [3.05, 3.63) is 29.0 Å². The minimum atomic E-state index is -0.0625. The summed E-state index contributed by atoms with van der Waals surface area (Å²) < 4.78 is 5.66. The van der Waals surface area contributed by atoms with Crippen molar-refractivity contribution in [1.29, 1.82) is 0 Å². The molecule has 3 rings (SSSR count). The first-order valence-electron chi connectivity index (χ1n) is 8.06. The van der Waals surface area contributed by atoms with Gasteiger partial charge in [-0.15, -0.1) is 0 Å². The predicted octanol–water partition coefficient (Wildman–Crippen LogP) is 4.36. The zero-order valence-corrected chi connectivity index (χ0v) is 15.9. The highest BCUT2D eigenvalue weighted by Crippen LogP contribution is 2.31. The standard InChI is InChI=1S/C17H20BrN3O2S/c1-23-16(22)12-7-5-11(6-8-12)9-19-17-20-10-14(24-17)13-3-2-4-15(18)21-13/h2-4,10-12H,5-9H2,1H3,(H,19,20). The van der Waals surface area contributed by atoms with Crippen molar-refractivity contribution < 1.29 is 9.53 Å². The minimum absolute atomic E-state index is 0.0625. The van der Waals surface area contributed by atoms with E-state index in [2.05, 4.69) is 31.2 Å². The van der Waals surface area contributed by atoms with Crippen LogP contribution in [0.5, 0.6) is 0 Å². The molecule has 1 N–H and O–H groups in total. The lowest BCUT2D eigenvalue weighted by molar-refractivity contribution is -0.146. The monoisotopic (exact) mass is 409 g/mol. The maximum absolute atomic E-state index is 11.6. The number of aromatic nitrogens is 2. The molecule has 5 nitrogen and oxygen atoms in total. The molecule has 2 heterocycles. The average molecular weight is 410 g/mol. The van der Waals surface area contributed by atoms with Gasteiger partial charge in [-0.2, -0.15) is 0 Å². The Morgan fingerprint density at radius 3 is 2.88 bits per heavy atom. The number of methoxy groups -OCH3 is 1. The minimum Gasteiger partial charge on any atom is -0.469 e. The molecule has 2 aromatic heterocycles. The summed E-state index contributed by atoms with van der Waals surface area (Å²) in [4.78, 5) is 21.5. The zero-order valence-electron chi connectivity index (χ0n) is 13.5. The molecule has 24 heavy (non-hydrogen) atoms. The Kier molecular flexibility index (Phi) is 5.84. The van der Waals surface area contributed by atoms with Gasteiger partial charge in [0, 0.05) is 12.7 Å². The Balaban J connectivity index is 1.51. The Labute approximate surface area is 154 Å². The highest BCUT2D eigenvalue weighted by Gasteiger charge is 2.26. The van der Waals surface area contributed by atoms with Crippen molar-refractivity contribution in [2.45, 2.75) is 25.7 Å². The molecule has 0 radical (unpaired) electrons. The molecule has 0 unspecified atom stereocenters. The molecular formula is C17H20BrN3O2S. The van der Waals surface area contributed by atoms with Gasteiger partial charge in [-0.05, 0) is 59.7 Å². The van der Waals surface area contributed by atoms with Gasteiger partial charge in [0.2, 0.25) is 0 Å². The van der Waals surface area contributed by atoms with Gasteiger partial charge >= 0.3 is 5.97 Å². The normalized spacial score (nSPS) is 20.6. The van der Waals surface area contributed by atoms with Crippen molar-refractivity contribution in [3.8, 4) is 10.6 Å². The summed E-state index contributed by atoms with van der Waals surface area (Å²) in [6.07, 6.45) is 5.81. The number of carbonyl (C=O) groups is 1. The van der Waals surface area contributed by atoms with E-state index >= 15 is 0 Å². The quantitative estimate of drug-likeness (QED) is 0.586. The van der Waals surface area contributed by atoms with Gasteiger partial charge in [-0.25, -0.2) is 9.97 Å². The number of esters is 1. The van der Waals surface area contributed by atoms with Crippen LogP contribution in [0.1, 0.15) is 25.7 Å². The summed E-state index contributed by atoms with van der Waals surface area (Å²) >= 11 is 5.01. The molecule has 0 aromatic carbocycles. The fourth-order valence-electron chi connectivity index (χ4n) is 3.02. The number of ether oxygens (including phenoxy) is 1. The van der Waals surface area contributed by atoms with E-state index < -0.39 is 0 Å². The molecule has 2 aromatic rings. The summed E-state index contributed by atoms with van der Waals surface area (Å²) in [5.41, 5.74) is 0.925. The molecule has 0 bridgehead atoms. The number of anilines is 1. The maximum Gasteiger partial charge on any atom is 0.308 e. The largest absolute Gasteiger partial charge is 0.469 e. The van der Waals surface area contributed by atoms with Crippen molar-refractivity contribution in [1.82, 2.24) is 9.97 Å². The fourth-order valence-corrected chi connectivity index (χ4v) is 4.16. The second-order valence-electron chi connectivity index (χ2n) is 6.00. The third-order valence-corrected chi connectivity index (χ3v) is 5.82. The number of nitrogens with one attached hydrogen (secondary N) is 1. The molecule has 128 valence electrons. The van der Waals surface area contributed by atoms with Crippen LogP contribution in [0.3, 0.4) is 0 Å². The summed E-state index contributed by atoms with van der Waals surface area (Å²) in [5, 5.41) is 4.35. The van der Waals surface area contributed by atoms with E-state index in [0.717, 1.165) is 52.5 Å². The maximum atomic E-state index is 11.6. The number of carbonyl (C=O) groups excluding carboxylic acids is 1. The lowest BCUT2D eigenvalue weighted by Gasteiger charge is -2.26. The molecule has 0 aliphatic heterocycles. The molecule has 0 amide bonds. The van der Waals surface area contributed by atoms with Crippen LogP contribution in [0.25, 0.3) is 10.6 Å². The van der Waals surface area contributed by atoms with Crippen molar-refractivity contribution in [3.63, 3.8) is 0 Å². The van der Waals surface area contributed by atoms with Crippen LogP contribution in [-0.2, 0) is 9.53 Å². The second-order valence-corrected chi connectivity index (χ2v) is 7.84. The van der Waals surface area contributed by atoms with E-state index in [0.29, 0.717) is 5.92 Å². The molecule has 1 fully saturated rings. The highest BCUT2D eigenvalue weighted by atomic mass is 79.9. The topological polar surface area (TPSA) is 64.1 Å². The SMILES string of the molecule is COC(=O)C1CCC(CNc2ncc(-c3cccc(Br)n3)s2)CC1. The van der Waals surface area contributed by atoms with Crippen LogP contribution >= 0.6 is 27.3 Å². The zero-order chi connectivity index (χ0) is 16.9. The fraction of sp³-hybridized carbons (Fsp3) is 0.471. The number of hydrogen-bond acceptors (Lipinski definition) is 6. The summed E-state index contributed by atoms with van der Waals surface area (Å²) in [7, 11) is 1.47. The molecule has 1 aliphatic carbocycles. The Morgan fingerprint density at radius 2 is 2.17 bits per heavy atom. The summed E-state index contributed by atoms with van der Waals surface area (Å²) in [6, 6.07) is 5.86. The number of nitrogens with zero attached hydrogens (tertiary/aromatic N) is 2. The molecule has 0 saturated heterocycles. The van der Waals surface area contributed by atoms with E-state index in [4.69, 9.17) is 4.74 Å². The lowest BCUT2D eigenvalue weighted by Crippen LogP contribution is -2.26. The Bertz CT molecular complexity index is 699. The van der Waals surface area contributed by atoms with Crippen LogP contribution in [-0.4, -0.2) is 29.6 Å².